The fraction of sp³-hybridized carbons (Fsp3) is 0.889. The molecule has 0 aliphatic rings. The summed E-state index contributed by atoms with van der Waals surface area (Å²) in [7, 11) is 0. The lowest BCUT2D eigenvalue weighted by Crippen LogP contribution is -1.92. The molecule has 1 atom stereocenters. The Balaban J connectivity index is 3.10. The van der Waals surface area contributed by atoms with Crippen molar-refractivity contribution in [3.05, 3.63) is 0 Å². The van der Waals surface area contributed by atoms with Crippen molar-refractivity contribution >= 4 is 0 Å². The van der Waals surface area contributed by atoms with Gasteiger partial charge < -0.3 is 0 Å². The molecule has 0 N–H and O–H groups in total. The predicted octanol–water partition coefficient (Wildman–Crippen LogP) is 3.12. The molecule has 1 nitrogen and oxygen atoms in total. The van der Waals surface area contributed by atoms with Crippen LogP contribution >= 0.6 is 0 Å². The van der Waals surface area contributed by atoms with E-state index < -0.39 is 0 Å². The first kappa shape index (κ1) is 9.49. The Morgan fingerprint density at radius 1 is 1.40 bits per heavy atom. The van der Waals surface area contributed by atoms with Gasteiger partial charge in [-0.25, -0.2) is 0 Å². The van der Waals surface area contributed by atoms with Gasteiger partial charge in [0.2, 0.25) is 0 Å². The monoisotopic (exact) mass is 139 g/mol. The summed E-state index contributed by atoms with van der Waals surface area (Å²) in [5.74, 6) is 0.750. The molecule has 0 fully saturated rings. The summed E-state index contributed by atoms with van der Waals surface area (Å²) in [5.41, 5.74) is 0. The van der Waals surface area contributed by atoms with E-state index in [-0.39, 0.29) is 0 Å². The summed E-state index contributed by atoms with van der Waals surface area (Å²) in [4.78, 5) is 0. The average molecular weight is 139 g/mol. The Kier molecular flexibility index (Phi) is 6.27. The SMILES string of the molecule is CCCCC(C)CCC#N. The summed E-state index contributed by atoms with van der Waals surface area (Å²) in [6.07, 6.45) is 5.68. The minimum absolute atomic E-state index is 0.727. The lowest BCUT2D eigenvalue weighted by molar-refractivity contribution is 0.477. The van der Waals surface area contributed by atoms with E-state index in [0.717, 1.165) is 18.8 Å². The minimum atomic E-state index is 0.727. The van der Waals surface area contributed by atoms with Crippen molar-refractivity contribution in [1.82, 2.24) is 0 Å². The minimum Gasteiger partial charge on any atom is -0.198 e. The van der Waals surface area contributed by atoms with Crippen molar-refractivity contribution in [2.24, 2.45) is 5.92 Å². The fourth-order valence-electron chi connectivity index (χ4n) is 1.01. The molecule has 0 spiro atoms. The first-order chi connectivity index (χ1) is 4.81. The first-order valence-corrected chi connectivity index (χ1v) is 4.18. The topological polar surface area (TPSA) is 23.8 Å². The number of rotatable bonds is 5. The van der Waals surface area contributed by atoms with Gasteiger partial charge in [-0.2, -0.15) is 5.26 Å². The second kappa shape index (κ2) is 6.61. The van der Waals surface area contributed by atoms with Crippen molar-refractivity contribution in [2.45, 2.75) is 46.0 Å². The quantitative estimate of drug-likeness (QED) is 0.574. The van der Waals surface area contributed by atoms with Crippen LogP contribution in [0.4, 0.5) is 0 Å². The second-order valence-corrected chi connectivity index (χ2v) is 2.94. The summed E-state index contributed by atoms with van der Waals surface area (Å²) >= 11 is 0. The Morgan fingerprint density at radius 2 is 2.10 bits per heavy atom. The van der Waals surface area contributed by atoms with Crippen molar-refractivity contribution in [3.63, 3.8) is 0 Å². The molecular weight excluding hydrogens is 122 g/mol. The maximum absolute atomic E-state index is 8.29. The number of hydrogen-bond acceptors (Lipinski definition) is 1. The van der Waals surface area contributed by atoms with Crippen molar-refractivity contribution in [2.75, 3.05) is 0 Å². The van der Waals surface area contributed by atoms with Crippen LogP contribution in [0, 0.1) is 17.2 Å². The zero-order valence-corrected chi connectivity index (χ0v) is 7.06. The average Bonchev–Trinajstić information content (AvgIpc) is 1.97. The largest absolute Gasteiger partial charge is 0.198 e. The molecule has 0 aliphatic heterocycles. The Hall–Kier alpha value is -0.510. The smallest absolute Gasteiger partial charge is 0.0621 e. The van der Waals surface area contributed by atoms with Gasteiger partial charge in [-0.05, 0) is 12.3 Å². The highest BCUT2D eigenvalue weighted by atomic mass is 14.2. The molecule has 0 aromatic rings. The molecular formula is C9H17N. The normalized spacial score (nSPS) is 12.5. The van der Waals surface area contributed by atoms with E-state index >= 15 is 0 Å². The molecule has 0 aliphatic carbocycles. The maximum Gasteiger partial charge on any atom is 0.0621 e. The lowest BCUT2D eigenvalue weighted by Gasteiger charge is -2.06. The van der Waals surface area contributed by atoms with Crippen LogP contribution in [-0.4, -0.2) is 0 Å². The zero-order valence-electron chi connectivity index (χ0n) is 7.06. The van der Waals surface area contributed by atoms with E-state index in [4.69, 9.17) is 5.26 Å². The van der Waals surface area contributed by atoms with Gasteiger partial charge in [-0.1, -0.05) is 33.1 Å². The van der Waals surface area contributed by atoms with Crippen molar-refractivity contribution in [1.29, 1.82) is 5.26 Å². The van der Waals surface area contributed by atoms with Crippen LogP contribution in [0.5, 0.6) is 0 Å². The van der Waals surface area contributed by atoms with Gasteiger partial charge in [0.1, 0.15) is 0 Å². The molecule has 0 saturated heterocycles. The molecule has 0 bridgehead atoms. The number of nitrogens with zero attached hydrogens (tertiary/aromatic N) is 1. The van der Waals surface area contributed by atoms with Gasteiger partial charge in [0.25, 0.3) is 0 Å². The third kappa shape index (κ3) is 5.62. The molecule has 0 amide bonds. The molecule has 0 heterocycles. The van der Waals surface area contributed by atoms with Crippen LogP contribution in [0.15, 0.2) is 0 Å². The number of hydrogen-bond donors (Lipinski definition) is 0. The highest BCUT2D eigenvalue weighted by molar-refractivity contribution is 4.70. The molecule has 0 aromatic heterocycles. The van der Waals surface area contributed by atoms with Crippen LogP contribution in [0.2, 0.25) is 0 Å². The van der Waals surface area contributed by atoms with E-state index in [0.29, 0.717) is 0 Å². The summed E-state index contributed by atoms with van der Waals surface area (Å²) < 4.78 is 0. The molecule has 1 unspecified atom stereocenters. The van der Waals surface area contributed by atoms with Gasteiger partial charge in [0.15, 0.2) is 0 Å². The van der Waals surface area contributed by atoms with Crippen molar-refractivity contribution in [3.8, 4) is 6.07 Å². The molecule has 58 valence electrons. The van der Waals surface area contributed by atoms with Crippen LogP contribution in [-0.2, 0) is 0 Å². The second-order valence-electron chi connectivity index (χ2n) is 2.94. The first-order valence-electron chi connectivity index (χ1n) is 4.18. The Bertz CT molecular complexity index is 102. The van der Waals surface area contributed by atoms with E-state index in [1.165, 1.54) is 19.3 Å². The third-order valence-corrected chi connectivity index (χ3v) is 1.80. The number of nitriles is 1. The highest BCUT2D eigenvalue weighted by Crippen LogP contribution is 2.12. The van der Waals surface area contributed by atoms with Crippen LogP contribution in [0.25, 0.3) is 0 Å². The van der Waals surface area contributed by atoms with Gasteiger partial charge in [-0.15, -0.1) is 0 Å². The van der Waals surface area contributed by atoms with Gasteiger partial charge in [-0.3, -0.25) is 0 Å². The van der Waals surface area contributed by atoms with E-state index in [1.807, 2.05) is 0 Å². The van der Waals surface area contributed by atoms with Gasteiger partial charge >= 0.3 is 0 Å². The molecule has 10 heavy (non-hydrogen) atoms. The molecule has 0 radical (unpaired) electrons. The van der Waals surface area contributed by atoms with Crippen LogP contribution in [0.1, 0.15) is 46.0 Å². The maximum atomic E-state index is 8.29. The summed E-state index contributed by atoms with van der Waals surface area (Å²) in [6, 6.07) is 2.18. The van der Waals surface area contributed by atoms with Crippen LogP contribution < -0.4 is 0 Å². The molecule has 0 aromatic carbocycles. The zero-order chi connectivity index (χ0) is 7.82. The molecule has 1 heteroatoms. The molecule has 0 saturated carbocycles. The standard InChI is InChI=1S/C9H17N/c1-3-4-6-9(2)7-5-8-10/h9H,3-7H2,1-2H3. The van der Waals surface area contributed by atoms with Gasteiger partial charge in [0, 0.05) is 6.42 Å². The van der Waals surface area contributed by atoms with Crippen LogP contribution in [0.3, 0.4) is 0 Å². The molecule has 0 rings (SSSR count). The fourth-order valence-corrected chi connectivity index (χ4v) is 1.01. The van der Waals surface area contributed by atoms with Gasteiger partial charge in [0.05, 0.1) is 6.07 Å². The lowest BCUT2D eigenvalue weighted by atomic mass is 10.00. The summed E-state index contributed by atoms with van der Waals surface area (Å²) in [6.45, 7) is 4.43. The van der Waals surface area contributed by atoms with Crippen molar-refractivity contribution < 1.29 is 0 Å². The van der Waals surface area contributed by atoms with E-state index in [1.54, 1.807) is 0 Å². The van der Waals surface area contributed by atoms with E-state index in [9.17, 15) is 0 Å². The Morgan fingerprint density at radius 3 is 2.60 bits per heavy atom. The van der Waals surface area contributed by atoms with E-state index in [2.05, 4.69) is 19.9 Å². The summed E-state index contributed by atoms with van der Waals surface area (Å²) in [5, 5.41) is 8.29. The number of unbranched alkanes of at least 4 members (excludes halogenated alkanes) is 1. The predicted molar refractivity (Wildman–Crippen MR) is 43.5 cm³/mol. The highest BCUT2D eigenvalue weighted by Gasteiger charge is 1.99. The third-order valence-electron chi connectivity index (χ3n) is 1.80. The Labute approximate surface area is 64.1 Å².